The summed E-state index contributed by atoms with van der Waals surface area (Å²) >= 11 is 0. The zero-order valence-corrected chi connectivity index (χ0v) is 16.9. The Bertz CT molecular complexity index is 1040. The third-order valence-corrected chi connectivity index (χ3v) is 6.05. The van der Waals surface area contributed by atoms with Crippen LogP contribution in [0.3, 0.4) is 0 Å². The Morgan fingerprint density at radius 2 is 2.03 bits per heavy atom. The lowest BCUT2D eigenvalue weighted by Crippen LogP contribution is -2.32. The monoisotopic (exact) mass is 386 g/mol. The van der Waals surface area contributed by atoms with Gasteiger partial charge in [-0.2, -0.15) is 0 Å². The van der Waals surface area contributed by atoms with Crippen LogP contribution in [0.5, 0.6) is 0 Å². The molecular formula is C25H26N2O2. The van der Waals surface area contributed by atoms with Gasteiger partial charge in [0, 0.05) is 25.0 Å². The quantitative estimate of drug-likeness (QED) is 0.676. The molecule has 4 rings (SSSR count). The summed E-state index contributed by atoms with van der Waals surface area (Å²) < 4.78 is 0. The van der Waals surface area contributed by atoms with Crippen LogP contribution in [0.25, 0.3) is 11.1 Å². The third kappa shape index (κ3) is 3.94. The van der Waals surface area contributed by atoms with Crippen LogP contribution in [0.1, 0.15) is 45.1 Å². The molecule has 4 heteroatoms. The fourth-order valence-electron chi connectivity index (χ4n) is 4.40. The SMILES string of the molecule is Cc1ccccc1-c1ccc2c(c1)CCN(C)[C@H]2CCc1cnccc1C(=O)O. The number of carboxylic acid groups (broad SMARTS) is 1. The number of pyridine rings is 1. The average molecular weight is 386 g/mol. The van der Waals surface area contributed by atoms with Gasteiger partial charge in [-0.15, -0.1) is 0 Å². The Hall–Kier alpha value is -2.98. The van der Waals surface area contributed by atoms with E-state index in [4.69, 9.17) is 0 Å². The van der Waals surface area contributed by atoms with E-state index in [1.165, 1.54) is 27.8 Å². The van der Waals surface area contributed by atoms with Gasteiger partial charge < -0.3 is 5.11 Å². The predicted molar refractivity (Wildman–Crippen MR) is 115 cm³/mol. The summed E-state index contributed by atoms with van der Waals surface area (Å²) in [5.74, 6) is -0.886. The Labute approximate surface area is 171 Å². The van der Waals surface area contributed by atoms with Crippen molar-refractivity contribution in [1.29, 1.82) is 0 Å². The normalized spacial score (nSPS) is 16.4. The van der Waals surface area contributed by atoms with Crippen LogP contribution >= 0.6 is 0 Å². The van der Waals surface area contributed by atoms with Crippen LogP contribution in [0, 0.1) is 6.92 Å². The highest BCUT2D eigenvalue weighted by Crippen LogP contribution is 2.35. The molecule has 1 N–H and O–H groups in total. The second kappa shape index (κ2) is 8.18. The number of rotatable bonds is 5. The molecule has 1 atom stereocenters. The number of carbonyl (C=O) groups is 1. The number of benzene rings is 2. The number of aromatic carboxylic acids is 1. The highest BCUT2D eigenvalue weighted by molar-refractivity contribution is 5.89. The highest BCUT2D eigenvalue weighted by Gasteiger charge is 2.25. The fourth-order valence-corrected chi connectivity index (χ4v) is 4.40. The maximum absolute atomic E-state index is 11.5. The molecule has 0 saturated heterocycles. The van der Waals surface area contributed by atoms with Gasteiger partial charge >= 0.3 is 5.97 Å². The van der Waals surface area contributed by atoms with E-state index in [0.717, 1.165) is 24.9 Å². The summed E-state index contributed by atoms with van der Waals surface area (Å²) in [4.78, 5) is 18.0. The van der Waals surface area contributed by atoms with Gasteiger partial charge in [0.05, 0.1) is 5.56 Å². The molecule has 0 unspecified atom stereocenters. The van der Waals surface area contributed by atoms with Gasteiger partial charge in [-0.1, -0.05) is 42.5 Å². The first kappa shape index (κ1) is 19.3. The third-order valence-electron chi connectivity index (χ3n) is 6.05. The zero-order valence-electron chi connectivity index (χ0n) is 16.9. The van der Waals surface area contributed by atoms with Crippen molar-refractivity contribution in [1.82, 2.24) is 9.88 Å². The first-order valence-corrected chi connectivity index (χ1v) is 10.1. The van der Waals surface area contributed by atoms with Crippen molar-refractivity contribution in [3.63, 3.8) is 0 Å². The van der Waals surface area contributed by atoms with Crippen molar-refractivity contribution in [2.24, 2.45) is 0 Å². The van der Waals surface area contributed by atoms with Crippen molar-refractivity contribution in [3.05, 3.63) is 88.7 Å². The number of likely N-dealkylation sites (N-methyl/N-ethyl adjacent to an activating group) is 1. The van der Waals surface area contributed by atoms with Gasteiger partial charge in [-0.25, -0.2) is 4.79 Å². The van der Waals surface area contributed by atoms with Crippen LogP contribution in [-0.2, 0) is 12.8 Å². The summed E-state index contributed by atoms with van der Waals surface area (Å²) in [6.45, 7) is 3.16. The number of hydrogen-bond acceptors (Lipinski definition) is 3. The van der Waals surface area contributed by atoms with Crippen molar-refractivity contribution < 1.29 is 9.90 Å². The molecule has 148 valence electrons. The molecule has 2 aromatic carbocycles. The number of aromatic nitrogens is 1. The summed E-state index contributed by atoms with van der Waals surface area (Å²) in [5.41, 5.74) is 7.76. The minimum Gasteiger partial charge on any atom is -0.478 e. The highest BCUT2D eigenvalue weighted by atomic mass is 16.4. The van der Waals surface area contributed by atoms with Gasteiger partial charge in [0.15, 0.2) is 0 Å². The molecule has 0 fully saturated rings. The number of carboxylic acids is 1. The lowest BCUT2D eigenvalue weighted by Gasteiger charge is -2.35. The maximum Gasteiger partial charge on any atom is 0.336 e. The second-order valence-corrected chi connectivity index (χ2v) is 7.85. The smallest absolute Gasteiger partial charge is 0.336 e. The first-order chi connectivity index (χ1) is 14.0. The summed E-state index contributed by atoms with van der Waals surface area (Å²) in [6.07, 6.45) is 5.84. The van der Waals surface area contributed by atoms with E-state index in [1.54, 1.807) is 18.5 Å². The Kier molecular flexibility index (Phi) is 5.45. The predicted octanol–water partition coefficient (Wildman–Crippen LogP) is 4.92. The molecule has 3 aromatic rings. The van der Waals surface area contributed by atoms with Crippen molar-refractivity contribution >= 4 is 5.97 Å². The van der Waals surface area contributed by atoms with Crippen LogP contribution in [0.15, 0.2) is 60.9 Å². The summed E-state index contributed by atoms with van der Waals surface area (Å²) in [5, 5.41) is 9.44. The minimum absolute atomic E-state index is 0.284. The largest absolute Gasteiger partial charge is 0.478 e. The zero-order chi connectivity index (χ0) is 20.4. The van der Waals surface area contributed by atoms with Gasteiger partial charge in [0.2, 0.25) is 0 Å². The molecule has 1 aliphatic heterocycles. The number of hydrogen-bond donors (Lipinski definition) is 1. The Morgan fingerprint density at radius 3 is 2.83 bits per heavy atom. The van der Waals surface area contributed by atoms with Gasteiger partial charge in [-0.3, -0.25) is 9.88 Å². The van der Waals surface area contributed by atoms with E-state index in [9.17, 15) is 9.90 Å². The molecule has 2 heterocycles. The standard InChI is InChI=1S/C25H26N2O2/c1-17-5-3-4-6-21(17)18-7-9-22-19(15-18)12-14-27(2)24(22)10-8-20-16-26-13-11-23(20)25(28)29/h3-7,9,11,13,15-16,24H,8,10,12,14H2,1-2H3,(H,28,29)/t24-/m0/s1. The molecule has 0 saturated carbocycles. The molecule has 1 aromatic heterocycles. The number of aryl methyl sites for hydroxylation is 2. The molecule has 0 bridgehead atoms. The van der Waals surface area contributed by atoms with Crippen LogP contribution < -0.4 is 0 Å². The summed E-state index contributed by atoms with van der Waals surface area (Å²) in [7, 11) is 2.16. The number of nitrogens with zero attached hydrogens (tertiary/aromatic N) is 2. The fraction of sp³-hybridized carbons (Fsp3) is 0.280. The van der Waals surface area contributed by atoms with Crippen LogP contribution in [0.2, 0.25) is 0 Å². The van der Waals surface area contributed by atoms with E-state index in [2.05, 4.69) is 66.3 Å². The molecule has 0 amide bonds. The lowest BCUT2D eigenvalue weighted by molar-refractivity contribution is 0.0695. The van der Waals surface area contributed by atoms with E-state index in [-0.39, 0.29) is 6.04 Å². The molecule has 0 aliphatic carbocycles. The van der Waals surface area contributed by atoms with Gasteiger partial charge in [-0.05, 0) is 72.7 Å². The molecule has 29 heavy (non-hydrogen) atoms. The first-order valence-electron chi connectivity index (χ1n) is 10.1. The molecule has 0 spiro atoms. The van der Waals surface area contributed by atoms with E-state index in [1.807, 2.05) is 0 Å². The maximum atomic E-state index is 11.5. The molecule has 1 aliphatic rings. The van der Waals surface area contributed by atoms with E-state index < -0.39 is 5.97 Å². The van der Waals surface area contributed by atoms with Crippen molar-refractivity contribution in [3.8, 4) is 11.1 Å². The average Bonchev–Trinajstić information content (AvgIpc) is 2.73. The lowest BCUT2D eigenvalue weighted by atomic mass is 9.86. The van der Waals surface area contributed by atoms with E-state index >= 15 is 0 Å². The van der Waals surface area contributed by atoms with Crippen LogP contribution in [0.4, 0.5) is 0 Å². The Balaban J connectivity index is 1.61. The molecular weight excluding hydrogens is 360 g/mol. The number of fused-ring (bicyclic) bond motifs is 1. The Morgan fingerprint density at radius 1 is 1.21 bits per heavy atom. The molecule has 4 nitrogen and oxygen atoms in total. The van der Waals surface area contributed by atoms with Crippen molar-refractivity contribution in [2.45, 2.75) is 32.2 Å². The van der Waals surface area contributed by atoms with E-state index in [0.29, 0.717) is 12.0 Å². The minimum atomic E-state index is -0.886. The van der Waals surface area contributed by atoms with Gasteiger partial charge in [0.1, 0.15) is 0 Å². The topological polar surface area (TPSA) is 53.4 Å². The molecule has 0 radical (unpaired) electrons. The van der Waals surface area contributed by atoms with Crippen LogP contribution in [-0.4, -0.2) is 34.6 Å². The van der Waals surface area contributed by atoms with Crippen molar-refractivity contribution in [2.75, 3.05) is 13.6 Å². The second-order valence-electron chi connectivity index (χ2n) is 7.85. The van der Waals surface area contributed by atoms with Gasteiger partial charge in [0.25, 0.3) is 0 Å². The summed E-state index contributed by atoms with van der Waals surface area (Å²) in [6, 6.07) is 17.2.